The van der Waals surface area contributed by atoms with Crippen molar-refractivity contribution in [2.75, 3.05) is 0 Å². The SMILES string of the molecule is CC(Cl)c1nc2c(Cl)cccc2n1C(C(N)=O)C(C)C. The molecule has 6 heteroatoms. The molecule has 0 aliphatic heterocycles. The van der Waals surface area contributed by atoms with E-state index in [9.17, 15) is 4.79 Å². The van der Waals surface area contributed by atoms with Gasteiger partial charge in [0.1, 0.15) is 17.4 Å². The summed E-state index contributed by atoms with van der Waals surface area (Å²) in [5, 5.41) is 0.186. The smallest absolute Gasteiger partial charge is 0.240 e. The van der Waals surface area contributed by atoms with Crippen LogP contribution in [0, 0.1) is 5.92 Å². The summed E-state index contributed by atoms with van der Waals surface area (Å²) in [4.78, 5) is 16.3. The number of amides is 1. The van der Waals surface area contributed by atoms with Crippen LogP contribution >= 0.6 is 23.2 Å². The zero-order chi connectivity index (χ0) is 15.0. The van der Waals surface area contributed by atoms with Crippen molar-refractivity contribution < 1.29 is 4.79 Å². The molecule has 0 saturated carbocycles. The van der Waals surface area contributed by atoms with Crippen LogP contribution in [0.15, 0.2) is 18.2 Å². The van der Waals surface area contributed by atoms with Gasteiger partial charge in [0.15, 0.2) is 0 Å². The second-order valence-corrected chi connectivity index (χ2v) is 6.22. The average molecular weight is 314 g/mol. The molecule has 108 valence electrons. The Hall–Kier alpha value is -1.26. The molecule has 0 aliphatic carbocycles. The number of primary amides is 1. The Morgan fingerprint density at radius 3 is 2.50 bits per heavy atom. The van der Waals surface area contributed by atoms with Crippen molar-refractivity contribution in [2.45, 2.75) is 32.2 Å². The fraction of sp³-hybridized carbons (Fsp3) is 0.429. The van der Waals surface area contributed by atoms with Crippen molar-refractivity contribution in [1.82, 2.24) is 9.55 Å². The van der Waals surface area contributed by atoms with Crippen LogP contribution < -0.4 is 5.73 Å². The van der Waals surface area contributed by atoms with Gasteiger partial charge in [-0.1, -0.05) is 31.5 Å². The Kier molecular flexibility index (Phi) is 4.25. The Labute approximate surface area is 127 Å². The molecule has 0 fully saturated rings. The number of imidazole rings is 1. The second kappa shape index (κ2) is 5.62. The maximum Gasteiger partial charge on any atom is 0.240 e. The summed E-state index contributed by atoms with van der Waals surface area (Å²) >= 11 is 12.4. The number of halogens is 2. The number of aromatic nitrogens is 2. The van der Waals surface area contributed by atoms with Crippen LogP contribution in [0.3, 0.4) is 0 Å². The lowest BCUT2D eigenvalue weighted by atomic mass is 10.0. The van der Waals surface area contributed by atoms with Gasteiger partial charge >= 0.3 is 0 Å². The summed E-state index contributed by atoms with van der Waals surface area (Å²) in [6.07, 6.45) is 0. The van der Waals surface area contributed by atoms with Crippen LogP contribution in [0.25, 0.3) is 11.0 Å². The first-order chi connectivity index (χ1) is 9.34. The van der Waals surface area contributed by atoms with Gasteiger partial charge < -0.3 is 10.3 Å². The highest BCUT2D eigenvalue weighted by atomic mass is 35.5. The van der Waals surface area contributed by atoms with Crippen molar-refractivity contribution >= 4 is 40.1 Å². The van der Waals surface area contributed by atoms with E-state index in [1.807, 2.05) is 37.5 Å². The third-order valence-corrected chi connectivity index (χ3v) is 3.76. The molecule has 4 nitrogen and oxygen atoms in total. The summed E-state index contributed by atoms with van der Waals surface area (Å²) in [6, 6.07) is 4.95. The molecule has 0 aliphatic rings. The summed E-state index contributed by atoms with van der Waals surface area (Å²) < 4.78 is 1.81. The first kappa shape index (κ1) is 15.1. The van der Waals surface area contributed by atoms with Crippen LogP contribution in [0.5, 0.6) is 0 Å². The number of benzene rings is 1. The Morgan fingerprint density at radius 1 is 1.35 bits per heavy atom. The van der Waals surface area contributed by atoms with Gasteiger partial charge in [-0.05, 0) is 25.0 Å². The van der Waals surface area contributed by atoms with Crippen LogP contribution in [-0.4, -0.2) is 15.5 Å². The minimum atomic E-state index is -0.505. The summed E-state index contributed by atoms with van der Waals surface area (Å²) in [6.45, 7) is 5.69. The van der Waals surface area contributed by atoms with Gasteiger partial charge in [-0.2, -0.15) is 0 Å². The molecule has 20 heavy (non-hydrogen) atoms. The maximum absolute atomic E-state index is 11.8. The third-order valence-electron chi connectivity index (χ3n) is 3.26. The second-order valence-electron chi connectivity index (χ2n) is 5.15. The summed E-state index contributed by atoms with van der Waals surface area (Å²) in [5.74, 6) is 0.225. The Balaban J connectivity index is 2.81. The zero-order valence-corrected chi connectivity index (χ0v) is 13.1. The van der Waals surface area contributed by atoms with Crippen molar-refractivity contribution in [3.63, 3.8) is 0 Å². The van der Waals surface area contributed by atoms with Gasteiger partial charge in [0.2, 0.25) is 5.91 Å². The fourth-order valence-corrected chi connectivity index (χ4v) is 2.79. The normalized spacial score (nSPS) is 14.7. The van der Waals surface area contributed by atoms with Crippen molar-refractivity contribution in [1.29, 1.82) is 0 Å². The van der Waals surface area contributed by atoms with Crippen LogP contribution in [0.1, 0.15) is 38.0 Å². The maximum atomic E-state index is 11.8. The van der Waals surface area contributed by atoms with Gasteiger partial charge in [0.25, 0.3) is 0 Å². The molecule has 0 spiro atoms. The molecule has 1 amide bonds. The van der Waals surface area contributed by atoms with Gasteiger partial charge in [-0.15, -0.1) is 11.6 Å². The van der Waals surface area contributed by atoms with Crippen LogP contribution in [0.2, 0.25) is 5.02 Å². The molecule has 2 unspecified atom stereocenters. The largest absolute Gasteiger partial charge is 0.368 e. The van der Waals surface area contributed by atoms with Gasteiger partial charge in [-0.25, -0.2) is 4.98 Å². The molecule has 0 saturated heterocycles. The highest BCUT2D eigenvalue weighted by molar-refractivity contribution is 6.35. The molecule has 1 aromatic heterocycles. The first-order valence-corrected chi connectivity index (χ1v) is 7.25. The molecule has 1 heterocycles. The lowest BCUT2D eigenvalue weighted by molar-refractivity contribution is -0.122. The number of rotatable bonds is 4. The molecule has 0 bridgehead atoms. The summed E-state index contributed by atoms with van der Waals surface area (Å²) in [5.41, 5.74) is 6.98. The van der Waals surface area contributed by atoms with Crippen molar-refractivity contribution in [3.8, 4) is 0 Å². The van der Waals surface area contributed by atoms with E-state index < -0.39 is 11.9 Å². The van der Waals surface area contributed by atoms with E-state index in [-0.39, 0.29) is 11.3 Å². The number of nitrogens with two attached hydrogens (primary N) is 1. The Bertz CT molecular complexity index is 649. The molecule has 0 radical (unpaired) electrons. The third kappa shape index (κ3) is 2.50. The average Bonchev–Trinajstić information content (AvgIpc) is 2.70. The quantitative estimate of drug-likeness (QED) is 0.875. The van der Waals surface area contributed by atoms with Crippen LogP contribution in [0.4, 0.5) is 0 Å². The zero-order valence-electron chi connectivity index (χ0n) is 11.6. The molecule has 2 atom stereocenters. The van der Waals surface area contributed by atoms with E-state index in [2.05, 4.69) is 4.98 Å². The van der Waals surface area contributed by atoms with E-state index in [0.717, 1.165) is 5.52 Å². The standard InChI is InChI=1S/C14H17Cl2N3O/c1-7(2)12(13(17)20)19-10-6-4-5-9(16)11(10)18-14(19)8(3)15/h4-8,12H,1-3H3,(H2,17,20). The first-order valence-electron chi connectivity index (χ1n) is 6.44. The fourth-order valence-electron chi connectivity index (χ4n) is 2.43. The minimum Gasteiger partial charge on any atom is -0.368 e. The van der Waals surface area contributed by atoms with Crippen LogP contribution in [-0.2, 0) is 4.79 Å². The van der Waals surface area contributed by atoms with Crippen molar-refractivity contribution in [2.24, 2.45) is 11.7 Å². The molecular weight excluding hydrogens is 297 g/mol. The number of carbonyl (C=O) groups is 1. The number of para-hydroxylation sites is 1. The lowest BCUT2D eigenvalue weighted by Gasteiger charge is -2.23. The van der Waals surface area contributed by atoms with Crippen molar-refractivity contribution in [3.05, 3.63) is 29.0 Å². The van der Waals surface area contributed by atoms with E-state index in [1.54, 1.807) is 6.07 Å². The van der Waals surface area contributed by atoms with E-state index in [4.69, 9.17) is 28.9 Å². The highest BCUT2D eigenvalue weighted by Crippen LogP contribution is 2.33. The predicted molar refractivity (Wildman–Crippen MR) is 82.1 cm³/mol. The van der Waals surface area contributed by atoms with E-state index >= 15 is 0 Å². The highest BCUT2D eigenvalue weighted by Gasteiger charge is 2.28. The lowest BCUT2D eigenvalue weighted by Crippen LogP contribution is -2.31. The monoisotopic (exact) mass is 313 g/mol. The number of fused-ring (bicyclic) bond motifs is 1. The van der Waals surface area contributed by atoms with Gasteiger partial charge in [0, 0.05) is 0 Å². The number of hydrogen-bond acceptors (Lipinski definition) is 2. The molecule has 2 rings (SSSR count). The molecule has 1 aromatic carbocycles. The minimum absolute atomic E-state index is 0.0260. The van der Waals surface area contributed by atoms with E-state index in [1.165, 1.54) is 0 Å². The van der Waals surface area contributed by atoms with Gasteiger partial charge in [-0.3, -0.25) is 4.79 Å². The summed E-state index contributed by atoms with van der Waals surface area (Å²) in [7, 11) is 0. The topological polar surface area (TPSA) is 60.9 Å². The van der Waals surface area contributed by atoms with E-state index in [0.29, 0.717) is 16.4 Å². The molecular formula is C14H17Cl2N3O. The number of carbonyl (C=O) groups excluding carboxylic acids is 1. The predicted octanol–water partition coefficient (Wildman–Crippen LogP) is 3.67. The number of nitrogens with zero attached hydrogens (tertiary/aromatic N) is 2. The Morgan fingerprint density at radius 2 is 2.00 bits per heavy atom. The number of alkyl halides is 1. The molecule has 2 N–H and O–H groups in total. The van der Waals surface area contributed by atoms with Gasteiger partial charge in [0.05, 0.1) is 15.9 Å². The number of hydrogen-bond donors (Lipinski definition) is 1. The molecule has 2 aromatic rings.